The monoisotopic (exact) mass is 219 g/mol. The smallest absolute Gasteiger partial charge is 0.0802 e. The lowest BCUT2D eigenvalue weighted by atomic mass is 9.87. The Hall–Kier alpha value is 0.210. The van der Waals surface area contributed by atoms with Crippen molar-refractivity contribution in [3.05, 3.63) is 0 Å². The number of hydrogen-bond acceptors (Lipinski definition) is 2. The SMILES string of the molecule is CC1CCC(N(C)CC(O)CCl)CC1. The van der Waals surface area contributed by atoms with Gasteiger partial charge in [-0.2, -0.15) is 0 Å². The van der Waals surface area contributed by atoms with E-state index in [1.165, 1.54) is 25.7 Å². The molecule has 0 saturated heterocycles. The van der Waals surface area contributed by atoms with Crippen molar-refractivity contribution >= 4 is 11.6 Å². The van der Waals surface area contributed by atoms with Crippen molar-refractivity contribution in [2.24, 2.45) is 5.92 Å². The second-order valence-electron chi connectivity index (χ2n) is 4.66. The maximum Gasteiger partial charge on any atom is 0.0802 e. The minimum Gasteiger partial charge on any atom is -0.391 e. The molecule has 1 aliphatic rings. The largest absolute Gasteiger partial charge is 0.391 e. The molecule has 1 fully saturated rings. The first-order valence-electron chi connectivity index (χ1n) is 5.57. The van der Waals surface area contributed by atoms with Crippen molar-refractivity contribution in [1.29, 1.82) is 0 Å². The maximum absolute atomic E-state index is 9.44. The average Bonchev–Trinajstić information content (AvgIpc) is 2.18. The minimum absolute atomic E-state index is 0.341. The molecule has 84 valence electrons. The minimum atomic E-state index is -0.374. The highest BCUT2D eigenvalue weighted by atomic mass is 35.5. The van der Waals surface area contributed by atoms with E-state index in [2.05, 4.69) is 18.9 Å². The summed E-state index contributed by atoms with van der Waals surface area (Å²) in [5, 5.41) is 9.44. The zero-order valence-corrected chi connectivity index (χ0v) is 10.0. The lowest BCUT2D eigenvalue weighted by Gasteiger charge is -2.34. The van der Waals surface area contributed by atoms with E-state index in [0.29, 0.717) is 18.5 Å². The molecular weight excluding hydrogens is 198 g/mol. The van der Waals surface area contributed by atoms with Crippen molar-refractivity contribution in [3.8, 4) is 0 Å². The number of aliphatic hydroxyl groups excluding tert-OH is 1. The Morgan fingerprint density at radius 3 is 2.43 bits per heavy atom. The molecule has 1 atom stereocenters. The van der Waals surface area contributed by atoms with Gasteiger partial charge >= 0.3 is 0 Å². The van der Waals surface area contributed by atoms with Crippen molar-refractivity contribution in [1.82, 2.24) is 4.90 Å². The molecule has 0 radical (unpaired) electrons. The van der Waals surface area contributed by atoms with E-state index in [-0.39, 0.29) is 6.10 Å². The summed E-state index contributed by atoms with van der Waals surface area (Å²) in [7, 11) is 2.09. The standard InChI is InChI=1S/C11H22ClNO/c1-9-3-5-10(6-4-9)13(2)8-11(14)7-12/h9-11,14H,3-8H2,1-2H3. The number of likely N-dealkylation sites (N-methyl/N-ethyl adjacent to an activating group) is 1. The fraction of sp³-hybridized carbons (Fsp3) is 1.00. The Morgan fingerprint density at radius 2 is 1.93 bits per heavy atom. The predicted octanol–water partition coefficient (Wildman–Crippen LogP) is 2.10. The highest BCUT2D eigenvalue weighted by Crippen LogP contribution is 2.26. The topological polar surface area (TPSA) is 23.5 Å². The van der Waals surface area contributed by atoms with Crippen LogP contribution in [0.4, 0.5) is 0 Å². The summed E-state index contributed by atoms with van der Waals surface area (Å²) >= 11 is 5.58. The molecule has 3 heteroatoms. The molecule has 1 N–H and O–H groups in total. The van der Waals surface area contributed by atoms with Crippen LogP contribution in [0.3, 0.4) is 0 Å². The van der Waals surface area contributed by atoms with Crippen LogP contribution in [0.5, 0.6) is 0 Å². The molecule has 0 aromatic carbocycles. The summed E-state index contributed by atoms with van der Waals surface area (Å²) in [5.74, 6) is 1.23. The number of hydrogen-bond donors (Lipinski definition) is 1. The van der Waals surface area contributed by atoms with Gasteiger partial charge in [-0.05, 0) is 38.6 Å². The van der Waals surface area contributed by atoms with Crippen LogP contribution in [0.2, 0.25) is 0 Å². The Morgan fingerprint density at radius 1 is 1.36 bits per heavy atom. The maximum atomic E-state index is 9.44. The van der Waals surface area contributed by atoms with Gasteiger partial charge in [0, 0.05) is 18.5 Å². The van der Waals surface area contributed by atoms with Gasteiger partial charge < -0.3 is 10.0 Å². The first kappa shape index (κ1) is 12.3. The highest BCUT2D eigenvalue weighted by Gasteiger charge is 2.22. The summed E-state index contributed by atoms with van der Waals surface area (Å²) in [6.45, 7) is 3.03. The van der Waals surface area contributed by atoms with Crippen LogP contribution < -0.4 is 0 Å². The molecule has 0 amide bonds. The van der Waals surface area contributed by atoms with Crippen LogP contribution in [0.1, 0.15) is 32.6 Å². The van der Waals surface area contributed by atoms with E-state index in [1.807, 2.05) is 0 Å². The van der Waals surface area contributed by atoms with E-state index < -0.39 is 0 Å². The second-order valence-corrected chi connectivity index (χ2v) is 4.97. The molecule has 0 heterocycles. The third-order valence-electron chi connectivity index (χ3n) is 3.29. The van der Waals surface area contributed by atoms with E-state index in [4.69, 9.17) is 11.6 Å². The number of rotatable bonds is 4. The molecular formula is C11H22ClNO. The van der Waals surface area contributed by atoms with Crippen molar-refractivity contribution in [2.75, 3.05) is 19.5 Å². The van der Waals surface area contributed by atoms with Gasteiger partial charge in [-0.1, -0.05) is 6.92 Å². The van der Waals surface area contributed by atoms with Gasteiger partial charge in [0.2, 0.25) is 0 Å². The van der Waals surface area contributed by atoms with Gasteiger partial charge in [-0.15, -0.1) is 11.6 Å². The predicted molar refractivity (Wildman–Crippen MR) is 60.8 cm³/mol. The van der Waals surface area contributed by atoms with Crippen molar-refractivity contribution in [2.45, 2.75) is 44.8 Å². The van der Waals surface area contributed by atoms with E-state index in [0.717, 1.165) is 5.92 Å². The second kappa shape index (κ2) is 5.94. The average molecular weight is 220 g/mol. The summed E-state index contributed by atoms with van der Waals surface area (Å²) in [5.41, 5.74) is 0. The summed E-state index contributed by atoms with van der Waals surface area (Å²) < 4.78 is 0. The third-order valence-corrected chi connectivity index (χ3v) is 3.64. The molecule has 0 aromatic heterocycles. The normalized spacial score (nSPS) is 30.6. The van der Waals surface area contributed by atoms with Gasteiger partial charge in [-0.25, -0.2) is 0 Å². The molecule has 14 heavy (non-hydrogen) atoms. The van der Waals surface area contributed by atoms with Crippen LogP contribution in [0.15, 0.2) is 0 Å². The van der Waals surface area contributed by atoms with Crippen LogP contribution >= 0.6 is 11.6 Å². The van der Waals surface area contributed by atoms with Crippen LogP contribution in [-0.4, -0.2) is 41.6 Å². The van der Waals surface area contributed by atoms with Crippen molar-refractivity contribution in [3.63, 3.8) is 0 Å². The van der Waals surface area contributed by atoms with Crippen molar-refractivity contribution < 1.29 is 5.11 Å². The van der Waals surface area contributed by atoms with E-state index in [1.54, 1.807) is 0 Å². The Kier molecular flexibility index (Phi) is 5.21. The van der Waals surface area contributed by atoms with Gasteiger partial charge in [-0.3, -0.25) is 0 Å². The molecule has 0 spiro atoms. The zero-order chi connectivity index (χ0) is 10.6. The lowest BCUT2D eigenvalue weighted by molar-refractivity contribution is 0.0976. The number of aliphatic hydroxyl groups is 1. The Labute approximate surface area is 92.2 Å². The van der Waals surface area contributed by atoms with E-state index >= 15 is 0 Å². The van der Waals surface area contributed by atoms with Crippen LogP contribution in [-0.2, 0) is 0 Å². The van der Waals surface area contributed by atoms with Gasteiger partial charge in [0.25, 0.3) is 0 Å². The molecule has 2 nitrogen and oxygen atoms in total. The summed E-state index contributed by atoms with van der Waals surface area (Å²) in [6.07, 6.45) is 4.82. The fourth-order valence-corrected chi connectivity index (χ4v) is 2.31. The molecule has 1 aliphatic carbocycles. The number of alkyl halides is 1. The Bertz CT molecular complexity index is 157. The summed E-state index contributed by atoms with van der Waals surface area (Å²) in [6, 6.07) is 0.657. The number of halogens is 1. The zero-order valence-electron chi connectivity index (χ0n) is 9.25. The molecule has 0 bridgehead atoms. The third kappa shape index (κ3) is 3.76. The lowest BCUT2D eigenvalue weighted by Crippen LogP contribution is -2.40. The Balaban J connectivity index is 2.26. The van der Waals surface area contributed by atoms with Crippen LogP contribution in [0.25, 0.3) is 0 Å². The fourth-order valence-electron chi connectivity index (χ4n) is 2.21. The highest BCUT2D eigenvalue weighted by molar-refractivity contribution is 6.18. The first-order valence-corrected chi connectivity index (χ1v) is 6.11. The molecule has 1 unspecified atom stereocenters. The summed E-state index contributed by atoms with van der Waals surface area (Å²) in [4.78, 5) is 2.26. The quantitative estimate of drug-likeness (QED) is 0.733. The number of nitrogens with zero attached hydrogens (tertiary/aromatic N) is 1. The van der Waals surface area contributed by atoms with Crippen LogP contribution in [0, 0.1) is 5.92 Å². The molecule has 0 aliphatic heterocycles. The molecule has 1 saturated carbocycles. The first-order chi connectivity index (χ1) is 6.63. The van der Waals surface area contributed by atoms with Gasteiger partial charge in [0.1, 0.15) is 0 Å². The molecule has 1 rings (SSSR count). The van der Waals surface area contributed by atoms with Gasteiger partial charge in [0.05, 0.1) is 6.10 Å². The molecule has 0 aromatic rings. The van der Waals surface area contributed by atoms with Gasteiger partial charge in [0.15, 0.2) is 0 Å². The van der Waals surface area contributed by atoms with E-state index in [9.17, 15) is 5.11 Å².